The van der Waals surface area contributed by atoms with Crippen LogP contribution in [0.1, 0.15) is 17.5 Å². The Hall–Kier alpha value is -1.90. The van der Waals surface area contributed by atoms with E-state index in [1.165, 1.54) is 0 Å². The van der Waals surface area contributed by atoms with Crippen LogP contribution < -0.4 is 5.32 Å². The molecule has 2 rings (SSSR count). The number of aliphatic carboxylic acids is 1. The minimum Gasteiger partial charge on any atom is -0.480 e. The first kappa shape index (κ1) is 12.6. The fraction of sp³-hybridized carbons (Fsp3) is 0.385. The molecule has 2 atom stereocenters. The Balaban J connectivity index is 1.85. The molecule has 0 aromatic heterocycles. The molecule has 1 aromatic carbocycles. The lowest BCUT2D eigenvalue weighted by Gasteiger charge is -2.10. The van der Waals surface area contributed by atoms with Crippen LogP contribution in [0.25, 0.3) is 0 Å². The Labute approximate surface area is 105 Å². The van der Waals surface area contributed by atoms with E-state index in [2.05, 4.69) is 11.4 Å². The Morgan fingerprint density at radius 1 is 1.61 bits per heavy atom. The van der Waals surface area contributed by atoms with Crippen LogP contribution in [-0.4, -0.2) is 29.8 Å². The fourth-order valence-electron chi connectivity index (χ4n) is 1.96. The maximum Gasteiger partial charge on any atom is 0.320 e. The zero-order chi connectivity index (χ0) is 13.0. The standard InChI is InChI=1S/C13H14N2O3/c14-6-9-2-1-3-10(4-9)8-18-11-5-12(13(16)17)15-7-11/h1-4,11-12,15H,5,7-8H2,(H,16,17)/t11-,12+/m1/s1. The molecule has 1 aromatic rings. The van der Waals surface area contributed by atoms with Crippen LogP contribution in [0.4, 0.5) is 0 Å². The second-order valence-electron chi connectivity index (χ2n) is 4.28. The highest BCUT2D eigenvalue weighted by molar-refractivity contribution is 5.73. The van der Waals surface area contributed by atoms with Crippen molar-refractivity contribution in [3.05, 3.63) is 35.4 Å². The monoisotopic (exact) mass is 246 g/mol. The van der Waals surface area contributed by atoms with Gasteiger partial charge in [0.15, 0.2) is 0 Å². The maximum absolute atomic E-state index is 10.8. The van der Waals surface area contributed by atoms with Gasteiger partial charge in [-0.3, -0.25) is 4.79 Å². The van der Waals surface area contributed by atoms with Crippen LogP contribution in [-0.2, 0) is 16.1 Å². The second-order valence-corrected chi connectivity index (χ2v) is 4.28. The van der Waals surface area contributed by atoms with Gasteiger partial charge in [0.05, 0.1) is 24.3 Å². The molecule has 18 heavy (non-hydrogen) atoms. The van der Waals surface area contributed by atoms with Crippen molar-refractivity contribution >= 4 is 5.97 Å². The summed E-state index contributed by atoms with van der Waals surface area (Å²) in [5.41, 5.74) is 1.52. The van der Waals surface area contributed by atoms with Crippen LogP contribution in [0.3, 0.4) is 0 Å². The van der Waals surface area contributed by atoms with Gasteiger partial charge in [0, 0.05) is 13.0 Å². The lowest BCUT2D eigenvalue weighted by Crippen LogP contribution is -2.29. The third kappa shape index (κ3) is 3.06. The summed E-state index contributed by atoms with van der Waals surface area (Å²) in [6.07, 6.45) is 0.393. The van der Waals surface area contributed by atoms with Crippen molar-refractivity contribution in [1.29, 1.82) is 5.26 Å². The first-order valence-electron chi connectivity index (χ1n) is 5.76. The van der Waals surface area contributed by atoms with E-state index >= 15 is 0 Å². The molecule has 2 N–H and O–H groups in total. The predicted octanol–water partition coefficient (Wildman–Crippen LogP) is 0.890. The van der Waals surface area contributed by atoms with Gasteiger partial charge in [-0.15, -0.1) is 0 Å². The number of nitrogens with zero attached hydrogens (tertiary/aromatic N) is 1. The topological polar surface area (TPSA) is 82.3 Å². The molecule has 0 aliphatic carbocycles. The highest BCUT2D eigenvalue weighted by Gasteiger charge is 2.29. The van der Waals surface area contributed by atoms with E-state index in [0.29, 0.717) is 25.1 Å². The van der Waals surface area contributed by atoms with Gasteiger partial charge >= 0.3 is 5.97 Å². The molecule has 1 aliphatic heterocycles. The zero-order valence-corrected chi connectivity index (χ0v) is 9.80. The average Bonchev–Trinajstić information content (AvgIpc) is 2.85. The number of hydrogen-bond donors (Lipinski definition) is 2. The molecule has 1 saturated heterocycles. The maximum atomic E-state index is 10.8. The van der Waals surface area contributed by atoms with Gasteiger partial charge < -0.3 is 15.2 Å². The first-order chi connectivity index (χ1) is 8.69. The third-order valence-corrected chi connectivity index (χ3v) is 2.93. The van der Waals surface area contributed by atoms with Gasteiger partial charge in [0.1, 0.15) is 6.04 Å². The lowest BCUT2D eigenvalue weighted by molar-refractivity contribution is -0.139. The number of benzene rings is 1. The zero-order valence-electron chi connectivity index (χ0n) is 9.80. The van der Waals surface area contributed by atoms with Gasteiger partial charge in [-0.05, 0) is 17.7 Å². The van der Waals surface area contributed by atoms with Gasteiger partial charge in [-0.1, -0.05) is 12.1 Å². The van der Waals surface area contributed by atoms with E-state index in [-0.39, 0.29) is 6.10 Å². The minimum atomic E-state index is -0.840. The number of hydrogen-bond acceptors (Lipinski definition) is 4. The summed E-state index contributed by atoms with van der Waals surface area (Å²) in [7, 11) is 0. The highest BCUT2D eigenvalue weighted by atomic mass is 16.5. The van der Waals surface area contributed by atoms with Crippen molar-refractivity contribution in [2.45, 2.75) is 25.2 Å². The van der Waals surface area contributed by atoms with Gasteiger partial charge in [0.2, 0.25) is 0 Å². The molecule has 0 amide bonds. The number of rotatable bonds is 4. The minimum absolute atomic E-state index is 0.0863. The van der Waals surface area contributed by atoms with Gasteiger partial charge in [-0.25, -0.2) is 0 Å². The van der Waals surface area contributed by atoms with Crippen LogP contribution in [0.5, 0.6) is 0 Å². The molecular formula is C13H14N2O3. The largest absolute Gasteiger partial charge is 0.480 e. The summed E-state index contributed by atoms with van der Waals surface area (Å²) in [5.74, 6) is -0.840. The summed E-state index contributed by atoms with van der Waals surface area (Å²) < 4.78 is 5.63. The summed E-state index contributed by atoms with van der Waals surface area (Å²) >= 11 is 0. The van der Waals surface area contributed by atoms with Crippen LogP contribution >= 0.6 is 0 Å². The van der Waals surface area contributed by atoms with Crippen molar-refractivity contribution in [3.63, 3.8) is 0 Å². The van der Waals surface area contributed by atoms with Crippen molar-refractivity contribution in [1.82, 2.24) is 5.32 Å². The number of ether oxygens (including phenoxy) is 1. The fourth-order valence-corrected chi connectivity index (χ4v) is 1.96. The second kappa shape index (κ2) is 5.63. The number of carbonyl (C=O) groups is 1. The van der Waals surface area contributed by atoms with Crippen molar-refractivity contribution in [3.8, 4) is 6.07 Å². The van der Waals surface area contributed by atoms with Crippen molar-refractivity contribution in [2.75, 3.05) is 6.54 Å². The normalized spacial score (nSPS) is 22.6. The molecule has 5 nitrogen and oxygen atoms in total. The predicted molar refractivity (Wildman–Crippen MR) is 63.8 cm³/mol. The lowest BCUT2D eigenvalue weighted by atomic mass is 10.1. The third-order valence-electron chi connectivity index (χ3n) is 2.93. The number of nitriles is 1. The smallest absolute Gasteiger partial charge is 0.320 e. The van der Waals surface area contributed by atoms with E-state index in [4.69, 9.17) is 15.1 Å². The average molecular weight is 246 g/mol. The molecule has 1 heterocycles. The molecule has 5 heteroatoms. The van der Waals surface area contributed by atoms with E-state index < -0.39 is 12.0 Å². The Morgan fingerprint density at radius 3 is 3.11 bits per heavy atom. The molecule has 0 spiro atoms. The number of nitrogens with one attached hydrogen (secondary N) is 1. The summed E-state index contributed by atoms with van der Waals surface area (Å²) in [4.78, 5) is 10.8. The Morgan fingerprint density at radius 2 is 2.44 bits per heavy atom. The number of carboxylic acid groups (broad SMARTS) is 1. The molecule has 0 bridgehead atoms. The van der Waals surface area contributed by atoms with Crippen molar-refractivity contribution in [2.24, 2.45) is 0 Å². The van der Waals surface area contributed by atoms with E-state index in [0.717, 1.165) is 5.56 Å². The van der Waals surface area contributed by atoms with Crippen LogP contribution in [0, 0.1) is 11.3 Å². The molecule has 94 valence electrons. The molecule has 0 saturated carbocycles. The molecule has 0 radical (unpaired) electrons. The molecule has 1 fully saturated rings. The molecule has 1 aliphatic rings. The Kier molecular flexibility index (Phi) is 3.92. The van der Waals surface area contributed by atoms with E-state index in [1.54, 1.807) is 12.1 Å². The van der Waals surface area contributed by atoms with Crippen LogP contribution in [0.15, 0.2) is 24.3 Å². The summed E-state index contributed by atoms with van der Waals surface area (Å²) in [6.45, 7) is 0.948. The quantitative estimate of drug-likeness (QED) is 0.824. The SMILES string of the molecule is N#Cc1cccc(CO[C@H]2CN[C@H](C(=O)O)C2)c1. The van der Waals surface area contributed by atoms with E-state index in [1.807, 2.05) is 12.1 Å². The van der Waals surface area contributed by atoms with Gasteiger partial charge in [-0.2, -0.15) is 5.26 Å². The number of carboxylic acids is 1. The summed E-state index contributed by atoms with van der Waals surface area (Å²) in [5, 5.41) is 20.5. The van der Waals surface area contributed by atoms with Crippen LogP contribution in [0.2, 0.25) is 0 Å². The van der Waals surface area contributed by atoms with Gasteiger partial charge in [0.25, 0.3) is 0 Å². The first-order valence-corrected chi connectivity index (χ1v) is 5.76. The Bertz CT molecular complexity index is 481. The molecular weight excluding hydrogens is 232 g/mol. The highest BCUT2D eigenvalue weighted by Crippen LogP contribution is 2.13. The van der Waals surface area contributed by atoms with E-state index in [9.17, 15) is 4.79 Å². The summed E-state index contributed by atoms with van der Waals surface area (Å²) in [6, 6.07) is 8.77. The van der Waals surface area contributed by atoms with Crippen molar-refractivity contribution < 1.29 is 14.6 Å². The molecule has 0 unspecified atom stereocenters.